The highest BCUT2D eigenvalue weighted by atomic mass is 15.3. The van der Waals surface area contributed by atoms with Crippen molar-refractivity contribution in [3.05, 3.63) is 30.4 Å². The van der Waals surface area contributed by atoms with Crippen molar-refractivity contribution < 1.29 is 0 Å². The largest absolute Gasteiger partial charge is 0.261 e. The van der Waals surface area contributed by atoms with E-state index in [1.165, 1.54) is 0 Å². The maximum absolute atomic E-state index is 8.77. The van der Waals surface area contributed by atoms with Crippen LogP contribution in [-0.4, -0.2) is 19.7 Å². The van der Waals surface area contributed by atoms with Crippen LogP contribution in [0.3, 0.4) is 0 Å². The van der Waals surface area contributed by atoms with Crippen molar-refractivity contribution in [1.29, 1.82) is 5.26 Å². The molecular formula is C12H13N5. The van der Waals surface area contributed by atoms with Gasteiger partial charge in [0, 0.05) is 18.1 Å². The summed E-state index contributed by atoms with van der Waals surface area (Å²) in [6.07, 6.45) is 4.93. The van der Waals surface area contributed by atoms with Gasteiger partial charge in [-0.3, -0.25) is 14.6 Å². The summed E-state index contributed by atoms with van der Waals surface area (Å²) in [5.74, 6) is 0.321. The highest BCUT2D eigenvalue weighted by Crippen LogP contribution is 2.21. The Balaban J connectivity index is 2.44. The zero-order chi connectivity index (χ0) is 12.3. The molecule has 86 valence electrons. The van der Waals surface area contributed by atoms with Crippen LogP contribution >= 0.6 is 0 Å². The normalized spacial score (nSPS) is 10.5. The quantitative estimate of drug-likeness (QED) is 0.804. The molecule has 0 bridgehead atoms. The predicted molar refractivity (Wildman–Crippen MR) is 63.0 cm³/mol. The van der Waals surface area contributed by atoms with Gasteiger partial charge in [-0.15, -0.1) is 0 Å². The summed E-state index contributed by atoms with van der Waals surface area (Å²) >= 11 is 0. The average Bonchev–Trinajstić information content (AvgIpc) is 2.75. The van der Waals surface area contributed by atoms with Crippen molar-refractivity contribution in [2.24, 2.45) is 0 Å². The van der Waals surface area contributed by atoms with Gasteiger partial charge >= 0.3 is 0 Å². The van der Waals surface area contributed by atoms with E-state index in [0.29, 0.717) is 5.92 Å². The van der Waals surface area contributed by atoms with Gasteiger partial charge in [-0.05, 0) is 12.0 Å². The van der Waals surface area contributed by atoms with Crippen LogP contribution in [0.5, 0.6) is 0 Å². The zero-order valence-electron chi connectivity index (χ0n) is 9.83. The summed E-state index contributed by atoms with van der Waals surface area (Å²) < 4.78 is 1.72. The van der Waals surface area contributed by atoms with Crippen LogP contribution in [0, 0.1) is 11.3 Å². The summed E-state index contributed by atoms with van der Waals surface area (Å²) in [7, 11) is 0. The topological polar surface area (TPSA) is 67.4 Å². The third kappa shape index (κ3) is 2.31. The molecule has 2 rings (SSSR count). The van der Waals surface area contributed by atoms with Crippen LogP contribution in [0.15, 0.2) is 24.7 Å². The van der Waals surface area contributed by atoms with E-state index in [9.17, 15) is 0 Å². The van der Waals surface area contributed by atoms with Gasteiger partial charge in [0.15, 0.2) is 0 Å². The molecule has 0 unspecified atom stereocenters. The standard InChI is InChI=1S/C12H13N5/c1-9(2)12-7-10(16-17(12)6-3-13)11-8-14-4-5-15-11/h4-5,7-9H,6H2,1-2H3. The molecule has 0 saturated heterocycles. The molecule has 0 saturated carbocycles. The fourth-order valence-corrected chi connectivity index (χ4v) is 1.65. The lowest BCUT2D eigenvalue weighted by molar-refractivity contribution is 0.634. The Hall–Kier alpha value is -2.22. The number of hydrogen-bond donors (Lipinski definition) is 0. The van der Waals surface area contributed by atoms with Gasteiger partial charge in [0.25, 0.3) is 0 Å². The van der Waals surface area contributed by atoms with E-state index in [0.717, 1.165) is 17.1 Å². The minimum atomic E-state index is 0.258. The van der Waals surface area contributed by atoms with Gasteiger partial charge in [0.1, 0.15) is 17.9 Å². The smallest absolute Gasteiger partial charge is 0.128 e. The molecule has 0 spiro atoms. The van der Waals surface area contributed by atoms with Crippen LogP contribution in [0.25, 0.3) is 11.4 Å². The minimum Gasteiger partial charge on any atom is -0.261 e. The number of nitrogens with zero attached hydrogens (tertiary/aromatic N) is 5. The molecule has 5 heteroatoms. The Labute approximate surface area is 99.8 Å². The molecule has 17 heavy (non-hydrogen) atoms. The second-order valence-corrected chi connectivity index (χ2v) is 4.02. The molecule has 0 aliphatic heterocycles. The molecule has 0 aromatic carbocycles. The van der Waals surface area contributed by atoms with Crippen LogP contribution < -0.4 is 0 Å². The van der Waals surface area contributed by atoms with Crippen LogP contribution in [0.4, 0.5) is 0 Å². The molecule has 0 aliphatic rings. The molecule has 0 amide bonds. The van der Waals surface area contributed by atoms with Crippen molar-refractivity contribution in [2.45, 2.75) is 26.3 Å². The third-order valence-electron chi connectivity index (χ3n) is 2.45. The first-order chi connectivity index (χ1) is 8.22. The van der Waals surface area contributed by atoms with Gasteiger partial charge in [-0.2, -0.15) is 10.4 Å². The van der Waals surface area contributed by atoms with Crippen molar-refractivity contribution in [1.82, 2.24) is 19.7 Å². The van der Waals surface area contributed by atoms with Crippen molar-refractivity contribution in [3.63, 3.8) is 0 Å². The van der Waals surface area contributed by atoms with Crippen molar-refractivity contribution in [3.8, 4) is 17.5 Å². The fourth-order valence-electron chi connectivity index (χ4n) is 1.65. The van der Waals surface area contributed by atoms with Crippen LogP contribution in [-0.2, 0) is 6.54 Å². The first kappa shape index (κ1) is 11.3. The molecule has 5 nitrogen and oxygen atoms in total. The summed E-state index contributed by atoms with van der Waals surface area (Å²) in [6.45, 7) is 4.41. The number of nitriles is 1. The third-order valence-corrected chi connectivity index (χ3v) is 2.45. The molecule has 0 atom stereocenters. The number of rotatable bonds is 3. The number of hydrogen-bond acceptors (Lipinski definition) is 4. The van der Waals surface area contributed by atoms with Crippen LogP contribution in [0.1, 0.15) is 25.5 Å². The fraction of sp³-hybridized carbons (Fsp3) is 0.333. The second-order valence-electron chi connectivity index (χ2n) is 4.02. The monoisotopic (exact) mass is 227 g/mol. The Morgan fingerprint density at radius 2 is 2.18 bits per heavy atom. The van der Waals surface area contributed by atoms with Gasteiger partial charge in [-0.25, -0.2) is 0 Å². The van der Waals surface area contributed by atoms with Gasteiger partial charge < -0.3 is 0 Å². The Bertz CT molecular complexity index is 536. The highest BCUT2D eigenvalue weighted by molar-refractivity contribution is 5.53. The van der Waals surface area contributed by atoms with Gasteiger partial charge in [0.2, 0.25) is 0 Å². The van der Waals surface area contributed by atoms with E-state index in [2.05, 4.69) is 35.0 Å². The minimum absolute atomic E-state index is 0.258. The van der Waals surface area contributed by atoms with E-state index in [1.807, 2.05) is 6.07 Å². The molecule has 2 heterocycles. The molecule has 0 aliphatic carbocycles. The molecule has 2 aromatic heterocycles. The SMILES string of the molecule is CC(C)c1cc(-c2cnccn2)nn1CC#N. The average molecular weight is 227 g/mol. The molecule has 0 N–H and O–H groups in total. The molecule has 0 fully saturated rings. The first-order valence-corrected chi connectivity index (χ1v) is 5.43. The molecular weight excluding hydrogens is 214 g/mol. The Morgan fingerprint density at radius 3 is 2.76 bits per heavy atom. The van der Waals surface area contributed by atoms with E-state index in [4.69, 9.17) is 5.26 Å². The lowest BCUT2D eigenvalue weighted by atomic mass is 10.1. The zero-order valence-corrected chi connectivity index (χ0v) is 9.83. The van der Waals surface area contributed by atoms with Crippen molar-refractivity contribution in [2.75, 3.05) is 0 Å². The number of aromatic nitrogens is 4. The lowest BCUT2D eigenvalue weighted by Gasteiger charge is -2.05. The maximum Gasteiger partial charge on any atom is 0.128 e. The second kappa shape index (κ2) is 4.74. The van der Waals surface area contributed by atoms with Gasteiger partial charge in [-0.1, -0.05) is 13.8 Å². The van der Waals surface area contributed by atoms with E-state index in [-0.39, 0.29) is 6.54 Å². The van der Waals surface area contributed by atoms with Crippen molar-refractivity contribution >= 4 is 0 Å². The summed E-state index contributed by atoms with van der Waals surface area (Å²) in [6, 6.07) is 4.07. The molecule has 2 aromatic rings. The molecule has 0 radical (unpaired) electrons. The maximum atomic E-state index is 8.77. The Kier molecular flexibility index (Phi) is 3.15. The lowest BCUT2D eigenvalue weighted by Crippen LogP contribution is -2.04. The summed E-state index contributed by atoms with van der Waals surface area (Å²) in [4.78, 5) is 8.22. The van der Waals surface area contributed by atoms with E-state index < -0.39 is 0 Å². The van der Waals surface area contributed by atoms with E-state index in [1.54, 1.807) is 23.3 Å². The van der Waals surface area contributed by atoms with Crippen LogP contribution in [0.2, 0.25) is 0 Å². The summed E-state index contributed by atoms with van der Waals surface area (Å²) in [5, 5.41) is 13.2. The van der Waals surface area contributed by atoms with E-state index >= 15 is 0 Å². The Morgan fingerprint density at radius 1 is 1.35 bits per heavy atom. The first-order valence-electron chi connectivity index (χ1n) is 5.43. The highest BCUT2D eigenvalue weighted by Gasteiger charge is 2.12. The predicted octanol–water partition coefficient (Wildman–Crippen LogP) is 1.99. The summed E-state index contributed by atoms with van der Waals surface area (Å²) in [5.41, 5.74) is 2.52. The van der Waals surface area contributed by atoms with Gasteiger partial charge in [0.05, 0.1) is 12.3 Å².